The molecular formula is C12H15F3N4O. The van der Waals surface area contributed by atoms with Crippen LogP contribution in [0.2, 0.25) is 0 Å². The molecule has 1 aliphatic carbocycles. The molecule has 1 aliphatic heterocycles. The van der Waals surface area contributed by atoms with Crippen LogP contribution in [-0.2, 0) is 0 Å². The summed E-state index contributed by atoms with van der Waals surface area (Å²) in [5, 5.41) is 6.60. The van der Waals surface area contributed by atoms with E-state index in [1.807, 2.05) is 0 Å². The number of rotatable bonds is 2. The number of nitrogens with one attached hydrogen (secondary N) is 1. The molecule has 8 heteroatoms. The molecular weight excluding hydrogens is 273 g/mol. The van der Waals surface area contributed by atoms with Gasteiger partial charge in [-0.1, -0.05) is 0 Å². The van der Waals surface area contributed by atoms with Crippen LogP contribution in [0.1, 0.15) is 48.0 Å². The molecule has 0 bridgehead atoms. The normalized spacial score (nSPS) is 21.2. The molecule has 0 atom stereocenters. The Bertz CT molecular complexity index is 501. The van der Waals surface area contributed by atoms with Gasteiger partial charge in [0.05, 0.1) is 5.92 Å². The first-order valence-corrected chi connectivity index (χ1v) is 6.73. The van der Waals surface area contributed by atoms with Crippen LogP contribution in [-0.4, -0.2) is 45.3 Å². The predicted octanol–water partition coefficient (Wildman–Crippen LogP) is 2.10. The van der Waals surface area contributed by atoms with Crippen LogP contribution in [0.4, 0.5) is 13.2 Å². The molecule has 0 radical (unpaired) electrons. The smallest absolute Gasteiger partial charge is 0.336 e. The zero-order chi connectivity index (χ0) is 14.3. The maximum Gasteiger partial charge on any atom is 0.391 e. The van der Waals surface area contributed by atoms with Gasteiger partial charge < -0.3 is 4.90 Å². The molecule has 1 saturated heterocycles. The maximum absolute atomic E-state index is 12.6. The molecule has 1 N–H and O–H groups in total. The number of amides is 1. The van der Waals surface area contributed by atoms with Crippen molar-refractivity contribution in [3.8, 4) is 0 Å². The molecule has 2 aliphatic rings. The van der Waals surface area contributed by atoms with Crippen LogP contribution in [0.25, 0.3) is 0 Å². The van der Waals surface area contributed by atoms with Gasteiger partial charge in [0, 0.05) is 19.0 Å². The lowest BCUT2D eigenvalue weighted by atomic mass is 9.96. The fraction of sp³-hybridized carbons (Fsp3) is 0.750. The van der Waals surface area contributed by atoms with E-state index in [4.69, 9.17) is 0 Å². The molecule has 1 saturated carbocycles. The predicted molar refractivity (Wildman–Crippen MR) is 63.0 cm³/mol. The van der Waals surface area contributed by atoms with E-state index in [0.717, 1.165) is 12.8 Å². The van der Waals surface area contributed by atoms with Crippen molar-refractivity contribution in [2.75, 3.05) is 13.1 Å². The summed E-state index contributed by atoms with van der Waals surface area (Å²) >= 11 is 0. The summed E-state index contributed by atoms with van der Waals surface area (Å²) < 4.78 is 37.7. The first-order chi connectivity index (χ1) is 9.45. The minimum atomic E-state index is -4.17. The number of nitrogens with zero attached hydrogens (tertiary/aromatic N) is 3. The molecule has 110 valence electrons. The zero-order valence-corrected chi connectivity index (χ0v) is 10.8. The van der Waals surface area contributed by atoms with Crippen LogP contribution in [0.3, 0.4) is 0 Å². The Balaban J connectivity index is 1.60. The fourth-order valence-corrected chi connectivity index (χ4v) is 2.46. The van der Waals surface area contributed by atoms with E-state index in [2.05, 4.69) is 15.2 Å². The van der Waals surface area contributed by atoms with Crippen LogP contribution in [0.15, 0.2) is 0 Å². The average Bonchev–Trinajstić information content (AvgIpc) is 3.15. The van der Waals surface area contributed by atoms with Crippen molar-refractivity contribution in [2.24, 2.45) is 5.92 Å². The lowest BCUT2D eigenvalue weighted by Crippen LogP contribution is -2.42. The second-order valence-corrected chi connectivity index (χ2v) is 5.43. The van der Waals surface area contributed by atoms with E-state index in [-0.39, 0.29) is 37.7 Å². The zero-order valence-electron chi connectivity index (χ0n) is 10.8. The van der Waals surface area contributed by atoms with E-state index in [1.165, 1.54) is 4.90 Å². The summed E-state index contributed by atoms with van der Waals surface area (Å²) in [4.78, 5) is 17.7. The van der Waals surface area contributed by atoms with E-state index in [9.17, 15) is 18.0 Å². The number of hydrogen-bond acceptors (Lipinski definition) is 3. The molecule has 20 heavy (non-hydrogen) atoms. The quantitative estimate of drug-likeness (QED) is 0.906. The number of hydrogen-bond donors (Lipinski definition) is 1. The molecule has 3 rings (SSSR count). The minimum Gasteiger partial charge on any atom is -0.336 e. The number of halogens is 3. The molecule has 1 aromatic rings. The van der Waals surface area contributed by atoms with Crippen molar-refractivity contribution >= 4 is 5.91 Å². The third-order valence-electron chi connectivity index (χ3n) is 3.90. The van der Waals surface area contributed by atoms with Gasteiger partial charge in [0.2, 0.25) is 5.82 Å². The number of H-pyrrole nitrogens is 1. The lowest BCUT2D eigenvalue weighted by Gasteiger charge is -2.32. The Morgan fingerprint density at radius 3 is 2.40 bits per heavy atom. The monoisotopic (exact) mass is 288 g/mol. The van der Waals surface area contributed by atoms with Gasteiger partial charge in [0.1, 0.15) is 5.82 Å². The molecule has 0 spiro atoms. The fourth-order valence-electron chi connectivity index (χ4n) is 2.46. The summed E-state index contributed by atoms with van der Waals surface area (Å²) in [5.41, 5.74) is 0. The average molecular weight is 288 g/mol. The van der Waals surface area contributed by atoms with Gasteiger partial charge in [-0.2, -0.15) is 13.2 Å². The standard InChI is InChI=1S/C12H15F3N4O/c13-12(14,15)8-3-5-19(6-4-8)11(20)10-16-9(17-18-10)7-1-2-7/h7-8H,1-6H2,(H,16,17,18). The highest BCUT2D eigenvalue weighted by Crippen LogP contribution is 2.38. The van der Waals surface area contributed by atoms with Gasteiger partial charge in [-0.3, -0.25) is 9.89 Å². The first kappa shape index (κ1) is 13.4. The first-order valence-electron chi connectivity index (χ1n) is 6.73. The molecule has 1 aromatic heterocycles. The Morgan fingerprint density at radius 1 is 1.20 bits per heavy atom. The Kier molecular flexibility index (Phi) is 3.18. The van der Waals surface area contributed by atoms with Crippen molar-refractivity contribution in [1.82, 2.24) is 20.1 Å². The Labute approximate surface area is 113 Å². The van der Waals surface area contributed by atoms with Gasteiger partial charge >= 0.3 is 6.18 Å². The van der Waals surface area contributed by atoms with Crippen LogP contribution in [0, 0.1) is 5.92 Å². The molecule has 1 amide bonds. The van der Waals surface area contributed by atoms with Crippen molar-refractivity contribution in [3.63, 3.8) is 0 Å². The second-order valence-electron chi connectivity index (χ2n) is 5.43. The molecule has 2 heterocycles. The number of likely N-dealkylation sites (tertiary alicyclic amines) is 1. The molecule has 2 fully saturated rings. The summed E-state index contributed by atoms with van der Waals surface area (Å²) in [7, 11) is 0. The van der Waals surface area contributed by atoms with E-state index >= 15 is 0 Å². The molecule has 5 nitrogen and oxygen atoms in total. The van der Waals surface area contributed by atoms with Gasteiger partial charge in [-0.05, 0) is 25.7 Å². The number of aromatic nitrogens is 3. The van der Waals surface area contributed by atoms with Crippen LogP contribution < -0.4 is 0 Å². The number of piperidine rings is 1. The number of alkyl halides is 3. The van der Waals surface area contributed by atoms with Crippen molar-refractivity contribution in [1.29, 1.82) is 0 Å². The van der Waals surface area contributed by atoms with Gasteiger partial charge in [0.15, 0.2) is 0 Å². The third-order valence-corrected chi connectivity index (χ3v) is 3.90. The number of carbonyl (C=O) groups is 1. The summed E-state index contributed by atoms with van der Waals surface area (Å²) in [6, 6.07) is 0. The van der Waals surface area contributed by atoms with Gasteiger partial charge in [-0.25, -0.2) is 4.98 Å². The highest BCUT2D eigenvalue weighted by atomic mass is 19.4. The van der Waals surface area contributed by atoms with Gasteiger partial charge in [-0.15, -0.1) is 5.10 Å². The third kappa shape index (κ3) is 2.64. The topological polar surface area (TPSA) is 61.9 Å². The molecule has 0 aromatic carbocycles. The van der Waals surface area contributed by atoms with E-state index in [1.54, 1.807) is 0 Å². The van der Waals surface area contributed by atoms with E-state index in [0.29, 0.717) is 11.7 Å². The van der Waals surface area contributed by atoms with E-state index < -0.39 is 12.1 Å². The Morgan fingerprint density at radius 2 is 1.85 bits per heavy atom. The SMILES string of the molecule is O=C(c1n[nH]c(C2CC2)n1)N1CCC(C(F)(F)F)CC1. The minimum absolute atomic E-state index is 0.0465. The van der Waals surface area contributed by atoms with Crippen LogP contribution in [0.5, 0.6) is 0 Å². The van der Waals surface area contributed by atoms with Gasteiger partial charge in [0.25, 0.3) is 5.91 Å². The number of carbonyl (C=O) groups excluding carboxylic acids is 1. The Hall–Kier alpha value is -1.60. The highest BCUT2D eigenvalue weighted by molar-refractivity contribution is 5.90. The number of aromatic amines is 1. The molecule has 0 unspecified atom stereocenters. The largest absolute Gasteiger partial charge is 0.391 e. The summed E-state index contributed by atoms with van der Waals surface area (Å²) in [5.74, 6) is -0.551. The van der Waals surface area contributed by atoms with Crippen molar-refractivity contribution in [2.45, 2.75) is 37.8 Å². The van der Waals surface area contributed by atoms with Crippen molar-refractivity contribution in [3.05, 3.63) is 11.6 Å². The van der Waals surface area contributed by atoms with Crippen LogP contribution >= 0.6 is 0 Å². The summed E-state index contributed by atoms with van der Waals surface area (Å²) in [6.07, 6.45) is -2.18. The lowest BCUT2D eigenvalue weighted by molar-refractivity contribution is -0.183. The van der Waals surface area contributed by atoms with Crippen molar-refractivity contribution < 1.29 is 18.0 Å². The second kappa shape index (κ2) is 4.75. The maximum atomic E-state index is 12.6. The summed E-state index contributed by atoms with van der Waals surface area (Å²) in [6.45, 7) is 0.215. The highest BCUT2D eigenvalue weighted by Gasteiger charge is 2.42.